The van der Waals surface area contributed by atoms with Crippen LogP contribution in [-0.2, 0) is 9.59 Å². The van der Waals surface area contributed by atoms with Crippen LogP contribution in [0.2, 0.25) is 5.02 Å². The lowest BCUT2D eigenvalue weighted by molar-refractivity contribution is -0.149. The number of aliphatic carboxylic acids is 2. The number of H-pyrrole nitrogens is 1. The van der Waals surface area contributed by atoms with Gasteiger partial charge in [0.15, 0.2) is 0 Å². The molecule has 122 valence electrons. The molecule has 1 aromatic heterocycles. The zero-order chi connectivity index (χ0) is 16.6. The number of carbonyl (C=O) groups is 2. The molecule has 3 rings (SSSR count). The van der Waals surface area contributed by atoms with E-state index in [4.69, 9.17) is 11.6 Å². The zero-order valence-electron chi connectivity index (χ0n) is 12.3. The van der Waals surface area contributed by atoms with Crippen molar-refractivity contribution in [2.75, 3.05) is 13.1 Å². The Morgan fingerprint density at radius 3 is 2.83 bits per heavy atom. The third kappa shape index (κ3) is 3.04. The Bertz CT molecular complexity index is 758. The fraction of sp³-hybridized carbons (Fsp3) is 0.375. The number of benzene rings is 1. The maximum absolute atomic E-state index is 11.9. The van der Waals surface area contributed by atoms with E-state index in [1.54, 1.807) is 29.3 Å². The van der Waals surface area contributed by atoms with Crippen molar-refractivity contribution in [3.05, 3.63) is 35.0 Å². The second-order valence-electron chi connectivity index (χ2n) is 5.85. The van der Waals surface area contributed by atoms with E-state index >= 15 is 0 Å². The van der Waals surface area contributed by atoms with E-state index in [-0.39, 0.29) is 6.54 Å². The number of piperidine rings is 1. The van der Waals surface area contributed by atoms with Crippen LogP contribution >= 0.6 is 11.6 Å². The Balaban J connectivity index is 1.99. The van der Waals surface area contributed by atoms with Crippen LogP contribution in [0.25, 0.3) is 10.9 Å². The van der Waals surface area contributed by atoms with Gasteiger partial charge in [-0.1, -0.05) is 11.6 Å². The van der Waals surface area contributed by atoms with Crippen molar-refractivity contribution in [2.24, 2.45) is 5.92 Å². The monoisotopic (exact) mass is 336 g/mol. The molecule has 7 heteroatoms. The van der Waals surface area contributed by atoms with Gasteiger partial charge < -0.3 is 15.2 Å². The van der Waals surface area contributed by atoms with Gasteiger partial charge in [0.25, 0.3) is 0 Å². The van der Waals surface area contributed by atoms with Gasteiger partial charge in [0.1, 0.15) is 6.04 Å². The largest absolute Gasteiger partial charge is 0.481 e. The molecular weight excluding hydrogens is 320 g/mol. The van der Waals surface area contributed by atoms with Crippen LogP contribution in [0.15, 0.2) is 24.4 Å². The van der Waals surface area contributed by atoms with Crippen LogP contribution in [0.3, 0.4) is 0 Å². The van der Waals surface area contributed by atoms with Crippen LogP contribution in [0, 0.1) is 5.92 Å². The first-order chi connectivity index (χ1) is 11.0. The van der Waals surface area contributed by atoms with Crippen LogP contribution in [0.5, 0.6) is 0 Å². The number of fused-ring (bicyclic) bond motifs is 1. The number of carboxylic acids is 2. The lowest BCUT2D eigenvalue weighted by Crippen LogP contribution is -2.43. The van der Waals surface area contributed by atoms with Crippen molar-refractivity contribution in [1.82, 2.24) is 9.88 Å². The maximum atomic E-state index is 11.9. The van der Waals surface area contributed by atoms with Crippen molar-refractivity contribution in [1.29, 1.82) is 0 Å². The number of nitrogens with one attached hydrogen (secondary N) is 1. The topological polar surface area (TPSA) is 93.6 Å². The predicted molar refractivity (Wildman–Crippen MR) is 85.6 cm³/mol. The molecular formula is C16H17ClN2O4. The molecule has 23 heavy (non-hydrogen) atoms. The first-order valence-corrected chi connectivity index (χ1v) is 7.81. The van der Waals surface area contributed by atoms with Gasteiger partial charge in [0, 0.05) is 34.2 Å². The van der Waals surface area contributed by atoms with Crippen molar-refractivity contribution in [3.8, 4) is 0 Å². The number of rotatable bonds is 4. The van der Waals surface area contributed by atoms with Gasteiger partial charge in [-0.05, 0) is 37.6 Å². The fourth-order valence-electron chi connectivity index (χ4n) is 3.27. The minimum atomic E-state index is -0.989. The number of halogens is 1. The highest BCUT2D eigenvalue weighted by atomic mass is 35.5. The highest BCUT2D eigenvalue weighted by Gasteiger charge is 2.35. The summed E-state index contributed by atoms with van der Waals surface area (Å²) in [5.74, 6) is -2.39. The normalized spacial score (nSPS) is 20.5. The molecule has 3 N–H and O–H groups in total. The third-order valence-electron chi connectivity index (χ3n) is 4.37. The van der Waals surface area contributed by atoms with E-state index in [0.717, 1.165) is 10.9 Å². The van der Waals surface area contributed by atoms with Gasteiger partial charge in [-0.2, -0.15) is 0 Å². The molecule has 2 aromatic rings. The number of hydrogen-bond donors (Lipinski definition) is 3. The predicted octanol–water partition coefficient (Wildman–Crippen LogP) is 2.74. The summed E-state index contributed by atoms with van der Waals surface area (Å²) in [6.45, 7) is 0.799. The van der Waals surface area contributed by atoms with Crippen LogP contribution < -0.4 is 0 Å². The minimum absolute atomic E-state index is 0.236. The van der Waals surface area contributed by atoms with Crippen molar-refractivity contribution in [3.63, 3.8) is 0 Å². The Kier molecular flexibility index (Phi) is 4.28. The second-order valence-corrected chi connectivity index (χ2v) is 6.28. The molecule has 0 bridgehead atoms. The van der Waals surface area contributed by atoms with Gasteiger partial charge in [0.2, 0.25) is 0 Å². The van der Waals surface area contributed by atoms with Gasteiger partial charge in [0.05, 0.1) is 5.92 Å². The molecule has 0 aliphatic carbocycles. The third-order valence-corrected chi connectivity index (χ3v) is 4.61. The smallest absolute Gasteiger partial charge is 0.325 e. The van der Waals surface area contributed by atoms with Crippen molar-refractivity contribution in [2.45, 2.75) is 18.9 Å². The van der Waals surface area contributed by atoms with E-state index in [1.807, 2.05) is 0 Å². The van der Waals surface area contributed by atoms with Gasteiger partial charge >= 0.3 is 11.9 Å². The Labute approximate surface area is 137 Å². The van der Waals surface area contributed by atoms with E-state index in [9.17, 15) is 19.8 Å². The van der Waals surface area contributed by atoms with E-state index in [1.165, 1.54) is 0 Å². The van der Waals surface area contributed by atoms with Crippen LogP contribution in [-0.4, -0.2) is 45.1 Å². The Hall–Kier alpha value is -2.05. The van der Waals surface area contributed by atoms with E-state index in [2.05, 4.69) is 4.98 Å². The molecule has 0 saturated carbocycles. The molecule has 0 spiro atoms. The highest BCUT2D eigenvalue weighted by Crippen LogP contribution is 2.33. The van der Waals surface area contributed by atoms with Gasteiger partial charge in [-0.25, -0.2) is 0 Å². The summed E-state index contributed by atoms with van der Waals surface area (Å²) in [6.07, 6.45) is 2.92. The molecule has 1 aliphatic rings. The van der Waals surface area contributed by atoms with E-state index < -0.39 is 23.9 Å². The molecule has 2 atom stereocenters. The summed E-state index contributed by atoms with van der Waals surface area (Å²) in [4.78, 5) is 27.9. The van der Waals surface area contributed by atoms with E-state index in [0.29, 0.717) is 30.0 Å². The Morgan fingerprint density at radius 2 is 2.13 bits per heavy atom. The summed E-state index contributed by atoms with van der Waals surface area (Å²) >= 11 is 6.03. The molecule has 2 heterocycles. The number of aromatic nitrogens is 1. The molecule has 6 nitrogen and oxygen atoms in total. The lowest BCUT2D eigenvalue weighted by Gasteiger charge is -2.34. The van der Waals surface area contributed by atoms with Crippen molar-refractivity contribution < 1.29 is 19.8 Å². The fourth-order valence-corrected chi connectivity index (χ4v) is 3.44. The SMILES string of the molecule is O=C(O)[C@@H]1CCCN([C@@H](C(=O)O)c2c[nH]c3ccc(Cl)cc23)C1. The number of carboxylic acid groups (broad SMARTS) is 2. The van der Waals surface area contributed by atoms with Crippen LogP contribution in [0.4, 0.5) is 0 Å². The average Bonchev–Trinajstić information content (AvgIpc) is 2.90. The summed E-state index contributed by atoms with van der Waals surface area (Å²) in [5, 5.41) is 20.2. The number of aromatic amines is 1. The molecule has 1 saturated heterocycles. The first kappa shape index (κ1) is 15.8. The minimum Gasteiger partial charge on any atom is -0.481 e. The molecule has 0 radical (unpaired) electrons. The molecule has 0 amide bonds. The second kappa shape index (κ2) is 6.22. The average molecular weight is 337 g/mol. The highest BCUT2D eigenvalue weighted by molar-refractivity contribution is 6.31. The van der Waals surface area contributed by atoms with Gasteiger partial charge in [-0.3, -0.25) is 14.5 Å². The first-order valence-electron chi connectivity index (χ1n) is 7.43. The molecule has 1 aromatic carbocycles. The number of hydrogen-bond acceptors (Lipinski definition) is 3. The maximum Gasteiger partial charge on any atom is 0.325 e. The molecule has 1 aliphatic heterocycles. The summed E-state index contributed by atoms with van der Waals surface area (Å²) < 4.78 is 0. The number of likely N-dealkylation sites (tertiary alicyclic amines) is 1. The summed E-state index contributed by atoms with van der Waals surface area (Å²) in [5.41, 5.74) is 1.42. The quantitative estimate of drug-likeness (QED) is 0.798. The van der Waals surface area contributed by atoms with Crippen LogP contribution in [0.1, 0.15) is 24.4 Å². The Morgan fingerprint density at radius 1 is 1.35 bits per heavy atom. The summed E-state index contributed by atoms with van der Waals surface area (Å²) in [6, 6.07) is 4.39. The summed E-state index contributed by atoms with van der Waals surface area (Å²) in [7, 11) is 0. The lowest BCUT2D eigenvalue weighted by atomic mass is 9.94. The molecule has 0 unspecified atom stereocenters. The molecule has 1 fully saturated rings. The van der Waals surface area contributed by atoms with Crippen molar-refractivity contribution >= 4 is 34.4 Å². The number of nitrogens with zero attached hydrogens (tertiary/aromatic N) is 1. The van der Waals surface area contributed by atoms with Gasteiger partial charge in [-0.15, -0.1) is 0 Å². The standard InChI is InChI=1S/C16H17ClN2O4/c17-10-3-4-13-11(6-10)12(7-18-13)14(16(22)23)19-5-1-2-9(8-19)15(20)21/h3-4,6-7,9,14,18H,1-2,5,8H2,(H,20,21)(H,22,23)/t9-,14-/m1/s1. The zero-order valence-corrected chi connectivity index (χ0v) is 13.1.